The lowest BCUT2D eigenvalue weighted by Crippen LogP contribution is -2.60. The normalized spacial score (nSPS) is 15.2. The van der Waals surface area contributed by atoms with Gasteiger partial charge in [-0.15, -0.1) is 0 Å². The fourth-order valence-electron chi connectivity index (χ4n) is 12.4. The van der Waals surface area contributed by atoms with Gasteiger partial charge in [-0.25, -0.2) is 4.79 Å². The number of carboxylic acids is 9. The summed E-state index contributed by atoms with van der Waals surface area (Å²) in [4.78, 5) is 315. The Kier molecular flexibility index (Phi) is 44.9. The number of carbonyl (C=O) groups excluding carboxylic acids is 15. The van der Waals surface area contributed by atoms with Crippen LogP contribution in [0, 0.1) is 5.92 Å². The zero-order valence-corrected chi connectivity index (χ0v) is 69.0. The zero-order chi connectivity index (χ0) is 95.6. The fraction of sp³-hybridized carbons (Fsp3) is 0.532. The molecule has 0 spiro atoms. The first-order valence-electron chi connectivity index (χ1n) is 39.6. The number of phenolic OH excluding ortho intramolecular Hbond substituents is 1. The molecule has 2 aromatic carbocycles. The Hall–Kier alpha value is -14.5. The second-order valence-corrected chi connectivity index (χ2v) is 29.8. The number of nitrogens with zero attached hydrogens (tertiary/aromatic N) is 1. The van der Waals surface area contributed by atoms with Gasteiger partial charge in [0.2, 0.25) is 88.6 Å². The Labute approximate surface area is 722 Å². The lowest BCUT2D eigenvalue weighted by atomic mass is 10.0. The maximum absolute atomic E-state index is 14.8. The molecule has 1 heterocycles. The monoisotopic (exact) mass is 1800 g/mol. The summed E-state index contributed by atoms with van der Waals surface area (Å²) in [6, 6.07) is -13.1. The second-order valence-electron chi connectivity index (χ2n) is 29.8. The number of likely N-dealkylation sites (tertiary alicyclic amines) is 1. The summed E-state index contributed by atoms with van der Waals surface area (Å²) in [6.45, 7) is 2.87. The van der Waals surface area contributed by atoms with Crippen molar-refractivity contribution in [1.29, 1.82) is 0 Å². The summed E-state index contributed by atoms with van der Waals surface area (Å²) >= 11 is 0. The van der Waals surface area contributed by atoms with Crippen LogP contribution in [0.25, 0.3) is 0 Å². The number of aliphatic carboxylic acids is 9. The molecule has 698 valence electrons. The van der Waals surface area contributed by atoms with Crippen LogP contribution in [0.3, 0.4) is 0 Å². The standard InChI is InChI=1S/C77H106N16O34/c1-36(2)30-48(70(119)88-47(77(126)127)21-28-61(107)108)89-64(113)37(3)81-67(116)44(18-25-58(101)102)85-71(120)49(31-38-8-5-4-6-9-38)90-72(121)50(32-39-11-13-40(94)14-12-39)91-73(122)51(33-62(109)110)82-55(96)35-80-66(115)42(17-24-57(99)100)86-75(124)53-10-7-29-93(53)76(125)46(20-27-60(105)106)87-74(123)52(34-63(111)112)92-69(118)45(19-26-59(103)104)84-68(117)43(16-22-54(79)95)83-65(114)41(78)15-23-56(97)98/h4-6,8-9,11-14,36-37,41-53,94H,7,10,15-35,78H2,1-3H3,(H2,79,95)(H,80,115)(H,81,116)(H,82,96)(H,83,114)(H,84,117)(H,85,120)(H,86,124)(H,87,123)(H,88,119)(H,89,113)(H,90,121)(H,91,122)(H,92,118)(H,97,98)(H,99,100)(H,101,102)(H,103,104)(H,105,106)(H,107,108)(H,109,110)(H,111,112)(H,126,127)/t37-,41-,42-,43-,44-,45-,46-,47-,48-,49-,50-,51-,52-,53-/m0/s1. The smallest absolute Gasteiger partial charge is 0.326 e. The van der Waals surface area contributed by atoms with E-state index in [9.17, 15) is 156 Å². The molecule has 2 aromatic rings. The van der Waals surface area contributed by atoms with E-state index in [4.69, 9.17) is 21.7 Å². The van der Waals surface area contributed by atoms with E-state index >= 15 is 0 Å². The molecule has 50 heteroatoms. The number of phenols is 1. The number of amides is 15. The molecule has 27 N–H and O–H groups in total. The van der Waals surface area contributed by atoms with E-state index in [1.807, 2.05) is 5.32 Å². The topological polar surface area (TPSA) is 824 Å². The minimum Gasteiger partial charge on any atom is -0.508 e. The van der Waals surface area contributed by atoms with Crippen molar-refractivity contribution in [1.82, 2.24) is 74.0 Å². The first-order chi connectivity index (χ1) is 59.5. The molecular weight excluding hydrogens is 1690 g/mol. The molecule has 1 saturated heterocycles. The highest BCUT2D eigenvalue weighted by Crippen LogP contribution is 2.22. The Morgan fingerprint density at radius 3 is 1.17 bits per heavy atom. The van der Waals surface area contributed by atoms with Gasteiger partial charge in [0.15, 0.2) is 0 Å². The SMILES string of the molecule is CC(C)C[C@H](NC(=O)[C@H](C)NC(=O)[C@H](CCC(=O)O)NC(=O)[C@H](Cc1ccccc1)NC(=O)[C@H](Cc1ccc(O)cc1)NC(=O)[C@H](CC(=O)O)NC(=O)CNC(=O)[C@H](CCC(=O)O)NC(=O)[C@@H]1CCCN1C(=O)[C@H](CCC(=O)O)NC(=O)[C@H](CC(=O)O)NC(=O)[C@H](CCC(=O)O)NC(=O)[C@H](CCC(N)=O)NC(=O)[C@@H](N)CCC(=O)O)C(=O)N[C@@H](CCC(=O)O)C(=O)O. The van der Waals surface area contributed by atoms with Gasteiger partial charge >= 0.3 is 53.7 Å². The predicted octanol–water partition coefficient (Wildman–Crippen LogP) is -7.02. The predicted molar refractivity (Wildman–Crippen MR) is 428 cm³/mol. The van der Waals surface area contributed by atoms with E-state index in [0.29, 0.717) is 5.56 Å². The van der Waals surface area contributed by atoms with Crippen molar-refractivity contribution < 1.29 is 166 Å². The Morgan fingerprint density at radius 1 is 0.370 bits per heavy atom. The molecule has 0 aliphatic carbocycles. The van der Waals surface area contributed by atoms with E-state index in [-0.39, 0.29) is 43.0 Å². The molecule has 1 aliphatic rings. The van der Waals surface area contributed by atoms with E-state index in [0.717, 1.165) is 11.8 Å². The van der Waals surface area contributed by atoms with Crippen LogP contribution < -0.4 is 80.6 Å². The van der Waals surface area contributed by atoms with Gasteiger partial charge in [-0.05, 0) is 100 Å². The summed E-state index contributed by atoms with van der Waals surface area (Å²) in [5.74, 6) is -33.4. The van der Waals surface area contributed by atoms with Crippen molar-refractivity contribution in [2.75, 3.05) is 13.1 Å². The number of carboxylic acid groups (broad SMARTS) is 9. The highest BCUT2D eigenvalue weighted by atomic mass is 16.4. The number of nitrogens with one attached hydrogen (secondary N) is 13. The van der Waals surface area contributed by atoms with Gasteiger partial charge in [0.05, 0.1) is 25.4 Å². The van der Waals surface area contributed by atoms with Gasteiger partial charge in [0.1, 0.15) is 84.3 Å². The third-order valence-electron chi connectivity index (χ3n) is 19.0. The first-order valence-corrected chi connectivity index (χ1v) is 39.6. The summed E-state index contributed by atoms with van der Waals surface area (Å²) in [7, 11) is 0. The van der Waals surface area contributed by atoms with Gasteiger partial charge in [0.25, 0.3) is 0 Å². The summed E-state index contributed by atoms with van der Waals surface area (Å²) in [6.07, 6.45) is -14.0. The molecule has 50 nitrogen and oxygen atoms in total. The largest absolute Gasteiger partial charge is 0.508 e. The molecule has 15 amide bonds. The maximum atomic E-state index is 14.8. The van der Waals surface area contributed by atoms with Crippen molar-refractivity contribution in [2.24, 2.45) is 17.4 Å². The first kappa shape index (κ1) is 107. The average Bonchev–Trinajstić information content (AvgIpc) is 1.78. The van der Waals surface area contributed by atoms with E-state index in [2.05, 4.69) is 63.8 Å². The Bertz CT molecular complexity index is 4340. The van der Waals surface area contributed by atoms with Crippen LogP contribution in [0.4, 0.5) is 0 Å². The highest BCUT2D eigenvalue weighted by molar-refractivity contribution is 6.02. The van der Waals surface area contributed by atoms with Gasteiger partial charge in [-0.3, -0.25) is 110 Å². The van der Waals surface area contributed by atoms with Crippen LogP contribution in [-0.4, -0.2) is 296 Å². The van der Waals surface area contributed by atoms with Gasteiger partial charge in [-0.2, -0.15) is 0 Å². The lowest BCUT2D eigenvalue weighted by Gasteiger charge is -2.30. The molecule has 1 fully saturated rings. The maximum Gasteiger partial charge on any atom is 0.326 e. The van der Waals surface area contributed by atoms with Gasteiger partial charge < -0.3 is 137 Å². The zero-order valence-electron chi connectivity index (χ0n) is 69.0. The van der Waals surface area contributed by atoms with Crippen molar-refractivity contribution in [2.45, 2.75) is 240 Å². The minimum absolute atomic E-state index is 0.0378. The van der Waals surface area contributed by atoms with Crippen LogP contribution in [0.2, 0.25) is 0 Å². The highest BCUT2D eigenvalue weighted by Gasteiger charge is 2.42. The quantitative estimate of drug-likeness (QED) is 0.0293. The number of primary amides is 1. The molecule has 3 rings (SSSR count). The molecule has 14 atom stereocenters. The molecule has 127 heavy (non-hydrogen) atoms. The van der Waals surface area contributed by atoms with Crippen LogP contribution in [0.1, 0.15) is 154 Å². The summed E-state index contributed by atoms with van der Waals surface area (Å²) in [5.41, 5.74) is 11.5. The number of carbonyl (C=O) groups is 24. The van der Waals surface area contributed by atoms with E-state index < -0.39 is 349 Å². The number of rotatable bonds is 59. The molecule has 0 saturated carbocycles. The molecule has 0 bridgehead atoms. The van der Waals surface area contributed by atoms with Crippen molar-refractivity contribution in [3.8, 4) is 5.75 Å². The number of benzene rings is 2. The lowest BCUT2D eigenvalue weighted by molar-refractivity contribution is -0.145. The van der Waals surface area contributed by atoms with Crippen LogP contribution in [0.15, 0.2) is 54.6 Å². The molecule has 1 aliphatic heterocycles. The number of nitrogens with two attached hydrogens (primary N) is 2. The molecular formula is C77H106N16O34. The number of aromatic hydroxyl groups is 1. The van der Waals surface area contributed by atoms with Gasteiger partial charge in [-0.1, -0.05) is 56.3 Å². The van der Waals surface area contributed by atoms with Crippen molar-refractivity contribution in [3.05, 3.63) is 65.7 Å². The Morgan fingerprint density at radius 2 is 0.724 bits per heavy atom. The summed E-state index contributed by atoms with van der Waals surface area (Å²) < 4.78 is 0. The molecule has 0 unspecified atom stereocenters. The fourth-order valence-corrected chi connectivity index (χ4v) is 12.4. The van der Waals surface area contributed by atoms with E-state index in [1.165, 1.54) is 48.5 Å². The van der Waals surface area contributed by atoms with Crippen LogP contribution in [0.5, 0.6) is 5.75 Å². The minimum atomic E-state index is -2.27. The van der Waals surface area contributed by atoms with Crippen LogP contribution in [-0.2, 0) is 128 Å². The molecule has 0 radical (unpaired) electrons. The Balaban J connectivity index is 1.94. The van der Waals surface area contributed by atoms with Crippen molar-refractivity contribution in [3.63, 3.8) is 0 Å². The summed E-state index contributed by atoms with van der Waals surface area (Å²) in [5, 5.41) is 125. The molecule has 0 aromatic heterocycles. The van der Waals surface area contributed by atoms with Gasteiger partial charge in [0, 0.05) is 64.3 Å². The van der Waals surface area contributed by atoms with E-state index in [1.54, 1.807) is 19.9 Å². The number of hydrogen-bond donors (Lipinski definition) is 25. The second kappa shape index (κ2) is 53.5. The third-order valence-corrected chi connectivity index (χ3v) is 19.0. The third kappa shape index (κ3) is 40.6. The van der Waals surface area contributed by atoms with Crippen LogP contribution >= 0.6 is 0 Å². The number of hydrogen-bond acceptors (Lipinski definition) is 26. The average molecular weight is 1800 g/mol. The van der Waals surface area contributed by atoms with Crippen molar-refractivity contribution >= 4 is 142 Å².